The van der Waals surface area contributed by atoms with Crippen LogP contribution in [-0.2, 0) is 4.79 Å². The molecule has 3 aliphatic rings. The molecule has 0 aromatic heterocycles. The SMILES string of the molecule is CC(C)[C@H]1C[C@H](O)C2=CC3=C(CO)C(=O)CC[C@@]3(C)CC[C@@]21C. The fraction of sp³-hybridized carbons (Fsp3) is 0.750. The quantitative estimate of drug-likeness (QED) is 0.820. The van der Waals surface area contributed by atoms with E-state index in [4.69, 9.17) is 0 Å². The zero-order chi connectivity index (χ0) is 17.0. The smallest absolute Gasteiger partial charge is 0.161 e. The van der Waals surface area contributed by atoms with Gasteiger partial charge in [0.1, 0.15) is 0 Å². The number of hydrogen-bond donors (Lipinski definition) is 2. The average Bonchev–Trinajstić information content (AvgIpc) is 2.67. The Morgan fingerprint density at radius 3 is 2.57 bits per heavy atom. The van der Waals surface area contributed by atoms with Crippen molar-refractivity contribution in [3.63, 3.8) is 0 Å². The van der Waals surface area contributed by atoms with E-state index >= 15 is 0 Å². The second kappa shape index (κ2) is 5.56. The summed E-state index contributed by atoms with van der Waals surface area (Å²) in [7, 11) is 0. The molecule has 3 rings (SSSR count). The molecular formula is C20H30O3. The predicted octanol–water partition coefficient (Wildman–Crippen LogP) is 3.41. The molecule has 0 aliphatic heterocycles. The van der Waals surface area contributed by atoms with Gasteiger partial charge in [-0.05, 0) is 59.5 Å². The maximum Gasteiger partial charge on any atom is 0.161 e. The van der Waals surface area contributed by atoms with E-state index in [0.717, 1.165) is 36.8 Å². The van der Waals surface area contributed by atoms with E-state index < -0.39 is 6.10 Å². The van der Waals surface area contributed by atoms with Gasteiger partial charge in [0.05, 0.1) is 12.7 Å². The highest BCUT2D eigenvalue weighted by Crippen LogP contribution is 2.59. The zero-order valence-electron chi connectivity index (χ0n) is 14.9. The topological polar surface area (TPSA) is 57.5 Å². The first-order valence-electron chi connectivity index (χ1n) is 9.01. The first kappa shape index (κ1) is 16.9. The van der Waals surface area contributed by atoms with Crippen molar-refractivity contribution in [2.45, 2.75) is 65.9 Å². The van der Waals surface area contributed by atoms with Gasteiger partial charge in [0.25, 0.3) is 0 Å². The Hall–Kier alpha value is -0.930. The van der Waals surface area contributed by atoms with E-state index in [2.05, 4.69) is 33.8 Å². The molecule has 0 heterocycles. The van der Waals surface area contributed by atoms with Crippen LogP contribution in [0.3, 0.4) is 0 Å². The third kappa shape index (κ3) is 2.44. The Balaban J connectivity index is 2.17. The van der Waals surface area contributed by atoms with E-state index in [0.29, 0.717) is 23.8 Å². The first-order chi connectivity index (χ1) is 10.7. The largest absolute Gasteiger partial charge is 0.392 e. The minimum Gasteiger partial charge on any atom is -0.392 e. The van der Waals surface area contributed by atoms with E-state index in [1.807, 2.05) is 0 Å². The molecule has 0 bridgehead atoms. The molecule has 3 aliphatic carbocycles. The van der Waals surface area contributed by atoms with Crippen LogP contribution in [0.1, 0.15) is 59.8 Å². The van der Waals surface area contributed by atoms with E-state index in [9.17, 15) is 15.0 Å². The normalized spacial score (nSPS) is 40.8. The molecule has 0 amide bonds. The lowest BCUT2D eigenvalue weighted by atomic mass is 9.66. The number of aliphatic hydroxyl groups excluding tert-OH is 2. The standard InChI is InChI=1S/C20H30O3/c1-12(2)14-10-18(23)16-9-15-13(11-21)17(22)5-6-19(15,3)7-8-20(14,16)4/h9,12,14,18,21,23H,5-8,10-11H2,1-4H3/t14-,18+,19+,20-/m1/s1. The fourth-order valence-corrected chi connectivity index (χ4v) is 5.40. The van der Waals surface area contributed by atoms with Crippen LogP contribution in [0, 0.1) is 22.7 Å². The Morgan fingerprint density at radius 1 is 1.26 bits per heavy atom. The van der Waals surface area contributed by atoms with Gasteiger partial charge in [0.15, 0.2) is 5.78 Å². The first-order valence-corrected chi connectivity index (χ1v) is 9.01. The Labute approximate surface area is 139 Å². The van der Waals surface area contributed by atoms with Crippen LogP contribution in [0.25, 0.3) is 0 Å². The van der Waals surface area contributed by atoms with Gasteiger partial charge in [-0.25, -0.2) is 0 Å². The number of aliphatic hydroxyl groups is 2. The van der Waals surface area contributed by atoms with Crippen LogP contribution in [-0.4, -0.2) is 28.7 Å². The molecule has 0 radical (unpaired) electrons. The molecule has 4 atom stereocenters. The van der Waals surface area contributed by atoms with Gasteiger partial charge < -0.3 is 10.2 Å². The lowest BCUT2D eigenvalue weighted by Crippen LogP contribution is -2.30. The summed E-state index contributed by atoms with van der Waals surface area (Å²) in [6.45, 7) is 8.82. The molecular weight excluding hydrogens is 288 g/mol. The van der Waals surface area contributed by atoms with Crippen molar-refractivity contribution < 1.29 is 15.0 Å². The fourth-order valence-electron chi connectivity index (χ4n) is 5.40. The summed E-state index contributed by atoms with van der Waals surface area (Å²) in [4.78, 5) is 12.3. The molecule has 1 saturated carbocycles. The van der Waals surface area contributed by atoms with Gasteiger partial charge >= 0.3 is 0 Å². The van der Waals surface area contributed by atoms with Crippen molar-refractivity contribution in [1.29, 1.82) is 0 Å². The summed E-state index contributed by atoms with van der Waals surface area (Å²) in [6, 6.07) is 0. The van der Waals surface area contributed by atoms with Gasteiger partial charge in [0, 0.05) is 12.0 Å². The Morgan fingerprint density at radius 2 is 1.96 bits per heavy atom. The van der Waals surface area contributed by atoms with Crippen molar-refractivity contribution in [1.82, 2.24) is 0 Å². The third-order valence-corrected chi connectivity index (χ3v) is 6.99. The number of allylic oxidation sites excluding steroid dienone is 2. The van der Waals surface area contributed by atoms with Gasteiger partial charge in [-0.15, -0.1) is 0 Å². The van der Waals surface area contributed by atoms with Crippen LogP contribution in [0.2, 0.25) is 0 Å². The third-order valence-electron chi connectivity index (χ3n) is 6.99. The molecule has 128 valence electrons. The molecule has 0 unspecified atom stereocenters. The summed E-state index contributed by atoms with van der Waals surface area (Å²) >= 11 is 0. The number of carbonyl (C=O) groups excluding carboxylic acids is 1. The second-order valence-corrected chi connectivity index (χ2v) is 8.65. The van der Waals surface area contributed by atoms with Crippen molar-refractivity contribution in [3.8, 4) is 0 Å². The van der Waals surface area contributed by atoms with Crippen molar-refractivity contribution >= 4 is 5.78 Å². The highest BCUT2D eigenvalue weighted by Gasteiger charge is 2.52. The molecule has 3 heteroatoms. The summed E-state index contributed by atoms with van der Waals surface area (Å²) in [5.41, 5.74) is 2.63. The van der Waals surface area contributed by atoms with Crippen LogP contribution in [0.4, 0.5) is 0 Å². The molecule has 23 heavy (non-hydrogen) atoms. The minimum absolute atomic E-state index is 0.00451. The zero-order valence-corrected chi connectivity index (χ0v) is 14.9. The Kier molecular flexibility index (Phi) is 4.09. The summed E-state index contributed by atoms with van der Waals surface area (Å²) in [5.74, 6) is 1.08. The van der Waals surface area contributed by atoms with Gasteiger partial charge in [-0.3, -0.25) is 4.79 Å². The van der Waals surface area contributed by atoms with Crippen molar-refractivity contribution in [2.24, 2.45) is 22.7 Å². The van der Waals surface area contributed by atoms with E-state index in [-0.39, 0.29) is 23.2 Å². The minimum atomic E-state index is -0.417. The van der Waals surface area contributed by atoms with Crippen molar-refractivity contribution in [3.05, 3.63) is 22.8 Å². The molecule has 0 aromatic carbocycles. The lowest BCUT2D eigenvalue weighted by Gasteiger charge is -2.38. The molecule has 1 fully saturated rings. The summed E-state index contributed by atoms with van der Waals surface area (Å²) in [5, 5.41) is 20.4. The Bertz CT molecular complexity index is 586. The van der Waals surface area contributed by atoms with E-state index in [1.165, 1.54) is 0 Å². The number of hydrogen-bond acceptors (Lipinski definition) is 3. The van der Waals surface area contributed by atoms with E-state index in [1.54, 1.807) is 0 Å². The number of rotatable bonds is 2. The number of fused-ring (bicyclic) bond motifs is 2. The van der Waals surface area contributed by atoms with Gasteiger partial charge in [-0.1, -0.05) is 33.8 Å². The van der Waals surface area contributed by atoms with Crippen LogP contribution >= 0.6 is 0 Å². The molecule has 0 aromatic rings. The maximum absolute atomic E-state index is 12.3. The summed E-state index contributed by atoms with van der Waals surface area (Å²) < 4.78 is 0. The molecule has 0 saturated heterocycles. The molecule has 0 spiro atoms. The number of ketones is 1. The van der Waals surface area contributed by atoms with Crippen molar-refractivity contribution in [2.75, 3.05) is 6.61 Å². The number of carbonyl (C=O) groups is 1. The summed E-state index contributed by atoms with van der Waals surface area (Å²) in [6.07, 6.45) is 5.95. The average molecular weight is 318 g/mol. The van der Waals surface area contributed by atoms with Gasteiger partial charge in [-0.2, -0.15) is 0 Å². The predicted molar refractivity (Wildman–Crippen MR) is 90.8 cm³/mol. The number of Topliss-reactive ketones (excluding diaryl/α,β-unsaturated/α-hetero) is 1. The van der Waals surface area contributed by atoms with Gasteiger partial charge in [0.2, 0.25) is 0 Å². The van der Waals surface area contributed by atoms with Crippen LogP contribution < -0.4 is 0 Å². The second-order valence-electron chi connectivity index (χ2n) is 8.65. The highest BCUT2D eigenvalue weighted by atomic mass is 16.3. The monoisotopic (exact) mass is 318 g/mol. The highest BCUT2D eigenvalue weighted by molar-refractivity contribution is 5.98. The molecule has 3 nitrogen and oxygen atoms in total. The maximum atomic E-state index is 12.3. The van der Waals surface area contributed by atoms with Crippen LogP contribution in [0.15, 0.2) is 22.8 Å². The van der Waals surface area contributed by atoms with Crippen LogP contribution in [0.5, 0.6) is 0 Å². The lowest BCUT2D eigenvalue weighted by molar-refractivity contribution is -0.117. The molecule has 2 N–H and O–H groups in total.